The Morgan fingerprint density at radius 2 is 2.19 bits per heavy atom. The van der Waals surface area contributed by atoms with Gasteiger partial charge in [-0.3, -0.25) is 4.79 Å². The van der Waals surface area contributed by atoms with Crippen LogP contribution in [0, 0.1) is 11.3 Å². The first-order valence-electron chi connectivity index (χ1n) is 6.28. The molecule has 3 N–H and O–H groups in total. The molecule has 6 nitrogen and oxygen atoms in total. The van der Waals surface area contributed by atoms with Crippen molar-refractivity contribution < 1.29 is 9.53 Å². The Morgan fingerprint density at radius 3 is 2.86 bits per heavy atom. The molecule has 0 atom stereocenters. The summed E-state index contributed by atoms with van der Waals surface area (Å²) in [6.45, 7) is 0.507. The molecule has 0 unspecified atom stereocenters. The summed E-state index contributed by atoms with van der Waals surface area (Å²) in [5.41, 5.74) is 6.47. The number of carbonyl (C=O) groups is 1. The Kier molecular flexibility index (Phi) is 5.26. The molecule has 0 bridgehead atoms. The standard InChI is InChI=1S/C14H14N4O2S/c15-6-5-13-18-12(9-21-13)14(19)17-10-1-3-11(4-2-10)20-8-7-16/h1-4,9H,5-6,8,15H2,(H,17,19). The van der Waals surface area contributed by atoms with Gasteiger partial charge < -0.3 is 15.8 Å². The van der Waals surface area contributed by atoms with E-state index in [1.54, 1.807) is 29.6 Å². The van der Waals surface area contributed by atoms with E-state index in [0.717, 1.165) is 5.01 Å². The lowest BCUT2D eigenvalue weighted by molar-refractivity contribution is 0.102. The molecule has 0 aliphatic rings. The van der Waals surface area contributed by atoms with Crippen molar-refractivity contribution in [1.29, 1.82) is 5.26 Å². The van der Waals surface area contributed by atoms with Crippen molar-refractivity contribution in [3.63, 3.8) is 0 Å². The van der Waals surface area contributed by atoms with Gasteiger partial charge in [0.05, 0.1) is 5.01 Å². The molecule has 108 valence electrons. The Bertz CT molecular complexity index is 646. The molecule has 21 heavy (non-hydrogen) atoms. The second-order valence-corrected chi connectivity index (χ2v) is 5.03. The van der Waals surface area contributed by atoms with E-state index in [9.17, 15) is 4.79 Å². The highest BCUT2D eigenvalue weighted by atomic mass is 32.1. The number of nitrogens with two attached hydrogens (primary N) is 1. The number of benzene rings is 1. The Morgan fingerprint density at radius 1 is 1.43 bits per heavy atom. The zero-order valence-electron chi connectivity index (χ0n) is 11.2. The highest BCUT2D eigenvalue weighted by molar-refractivity contribution is 7.09. The van der Waals surface area contributed by atoms with E-state index >= 15 is 0 Å². The van der Waals surface area contributed by atoms with Gasteiger partial charge in [-0.05, 0) is 30.8 Å². The number of carbonyl (C=O) groups excluding carboxylic acids is 1. The number of nitriles is 1. The Labute approximate surface area is 126 Å². The molecule has 0 aliphatic heterocycles. The van der Waals surface area contributed by atoms with Gasteiger partial charge in [0.1, 0.15) is 17.5 Å². The highest BCUT2D eigenvalue weighted by Crippen LogP contribution is 2.17. The van der Waals surface area contributed by atoms with Crippen molar-refractivity contribution >= 4 is 22.9 Å². The summed E-state index contributed by atoms with van der Waals surface area (Å²) < 4.78 is 5.13. The third-order valence-electron chi connectivity index (χ3n) is 2.56. The second kappa shape index (κ2) is 7.38. The first-order chi connectivity index (χ1) is 10.2. The fraction of sp³-hybridized carbons (Fsp3) is 0.214. The number of aromatic nitrogens is 1. The van der Waals surface area contributed by atoms with Crippen molar-refractivity contribution in [2.45, 2.75) is 6.42 Å². The third kappa shape index (κ3) is 4.27. The smallest absolute Gasteiger partial charge is 0.275 e. The molecule has 7 heteroatoms. The summed E-state index contributed by atoms with van der Waals surface area (Å²) in [5, 5.41) is 13.7. The maximum absolute atomic E-state index is 12.0. The van der Waals surface area contributed by atoms with E-state index in [0.29, 0.717) is 30.1 Å². The summed E-state index contributed by atoms with van der Waals surface area (Å²) >= 11 is 1.42. The molecule has 2 aromatic rings. The number of anilines is 1. The molecule has 2 rings (SSSR count). The molecular weight excluding hydrogens is 288 g/mol. The number of rotatable bonds is 6. The number of hydrogen-bond donors (Lipinski definition) is 2. The number of nitrogens with zero attached hydrogens (tertiary/aromatic N) is 2. The summed E-state index contributed by atoms with van der Waals surface area (Å²) in [7, 11) is 0. The van der Waals surface area contributed by atoms with Gasteiger partial charge in [0.15, 0.2) is 6.61 Å². The van der Waals surface area contributed by atoms with Gasteiger partial charge in [0, 0.05) is 17.5 Å². The number of ether oxygens (including phenoxy) is 1. The van der Waals surface area contributed by atoms with Gasteiger partial charge >= 0.3 is 0 Å². The maximum Gasteiger partial charge on any atom is 0.275 e. The van der Waals surface area contributed by atoms with Crippen LogP contribution in [0.3, 0.4) is 0 Å². The molecule has 0 spiro atoms. The normalized spacial score (nSPS) is 9.90. The first kappa shape index (κ1) is 15.0. The van der Waals surface area contributed by atoms with E-state index in [2.05, 4.69) is 10.3 Å². The van der Waals surface area contributed by atoms with Crippen LogP contribution in [-0.4, -0.2) is 24.0 Å². The summed E-state index contributed by atoms with van der Waals surface area (Å²) in [4.78, 5) is 16.2. The lowest BCUT2D eigenvalue weighted by atomic mass is 10.3. The van der Waals surface area contributed by atoms with Crippen LogP contribution in [0.4, 0.5) is 5.69 Å². The van der Waals surface area contributed by atoms with Crippen LogP contribution >= 0.6 is 11.3 Å². The lowest BCUT2D eigenvalue weighted by Gasteiger charge is -2.05. The molecule has 1 aromatic carbocycles. The number of amides is 1. The third-order valence-corrected chi connectivity index (χ3v) is 3.47. The van der Waals surface area contributed by atoms with E-state index in [4.69, 9.17) is 15.7 Å². The summed E-state index contributed by atoms with van der Waals surface area (Å²) in [6, 6.07) is 8.68. The SMILES string of the molecule is N#CCOc1ccc(NC(=O)c2csc(CCN)n2)cc1. The Hall–Kier alpha value is -2.43. The minimum absolute atomic E-state index is 0.00551. The lowest BCUT2D eigenvalue weighted by Crippen LogP contribution is -2.12. The van der Waals surface area contributed by atoms with Gasteiger partial charge in [0.2, 0.25) is 0 Å². The highest BCUT2D eigenvalue weighted by Gasteiger charge is 2.10. The Balaban J connectivity index is 1.97. The number of thiazole rings is 1. The van der Waals surface area contributed by atoms with E-state index in [1.165, 1.54) is 11.3 Å². The zero-order chi connectivity index (χ0) is 15.1. The van der Waals surface area contributed by atoms with E-state index in [-0.39, 0.29) is 12.5 Å². The summed E-state index contributed by atoms with van der Waals surface area (Å²) in [6.07, 6.45) is 0.670. The predicted octanol–water partition coefficient (Wildman–Crippen LogP) is 1.80. The monoisotopic (exact) mass is 302 g/mol. The number of nitrogens with one attached hydrogen (secondary N) is 1. The van der Waals surface area contributed by atoms with Crippen LogP contribution in [0.2, 0.25) is 0 Å². The maximum atomic E-state index is 12.0. The van der Waals surface area contributed by atoms with Crippen LogP contribution in [0.1, 0.15) is 15.5 Å². The predicted molar refractivity (Wildman–Crippen MR) is 80.4 cm³/mol. The second-order valence-electron chi connectivity index (χ2n) is 4.09. The van der Waals surface area contributed by atoms with Crippen LogP contribution in [0.15, 0.2) is 29.6 Å². The number of hydrogen-bond acceptors (Lipinski definition) is 6. The largest absolute Gasteiger partial charge is 0.479 e. The molecule has 0 saturated carbocycles. The quantitative estimate of drug-likeness (QED) is 0.847. The van der Waals surface area contributed by atoms with Crippen LogP contribution < -0.4 is 15.8 Å². The van der Waals surface area contributed by atoms with Gasteiger partial charge in [-0.15, -0.1) is 11.3 Å². The molecule has 1 aromatic heterocycles. The van der Waals surface area contributed by atoms with Gasteiger partial charge in [-0.1, -0.05) is 0 Å². The molecule has 0 radical (unpaired) electrons. The van der Waals surface area contributed by atoms with Crippen molar-refractivity contribution in [3.05, 3.63) is 40.3 Å². The van der Waals surface area contributed by atoms with Crippen molar-refractivity contribution in [2.24, 2.45) is 5.73 Å². The molecule has 0 fully saturated rings. The van der Waals surface area contributed by atoms with Gasteiger partial charge in [0.25, 0.3) is 5.91 Å². The minimum atomic E-state index is -0.264. The molecule has 1 heterocycles. The molecule has 1 amide bonds. The minimum Gasteiger partial charge on any atom is -0.479 e. The van der Waals surface area contributed by atoms with E-state index < -0.39 is 0 Å². The van der Waals surface area contributed by atoms with Crippen molar-refractivity contribution in [2.75, 3.05) is 18.5 Å². The fourth-order valence-electron chi connectivity index (χ4n) is 1.60. The molecular formula is C14H14N4O2S. The van der Waals surface area contributed by atoms with Crippen LogP contribution in [0.5, 0.6) is 5.75 Å². The van der Waals surface area contributed by atoms with Crippen molar-refractivity contribution in [1.82, 2.24) is 4.98 Å². The summed E-state index contributed by atoms with van der Waals surface area (Å²) in [5.74, 6) is 0.314. The fourth-order valence-corrected chi connectivity index (χ4v) is 2.39. The van der Waals surface area contributed by atoms with Crippen LogP contribution in [0.25, 0.3) is 0 Å². The molecule has 0 saturated heterocycles. The average molecular weight is 302 g/mol. The first-order valence-corrected chi connectivity index (χ1v) is 7.16. The molecule has 0 aliphatic carbocycles. The van der Waals surface area contributed by atoms with E-state index in [1.807, 2.05) is 6.07 Å². The topological polar surface area (TPSA) is 101 Å². The van der Waals surface area contributed by atoms with Gasteiger partial charge in [-0.2, -0.15) is 5.26 Å². The van der Waals surface area contributed by atoms with Gasteiger partial charge in [-0.25, -0.2) is 4.98 Å². The zero-order valence-corrected chi connectivity index (χ0v) is 12.0. The average Bonchev–Trinajstić information content (AvgIpc) is 2.96. The van der Waals surface area contributed by atoms with Crippen LogP contribution in [-0.2, 0) is 6.42 Å². The van der Waals surface area contributed by atoms with Crippen molar-refractivity contribution in [3.8, 4) is 11.8 Å².